The summed E-state index contributed by atoms with van der Waals surface area (Å²) in [4.78, 5) is 33.4. The zero-order valence-corrected chi connectivity index (χ0v) is 73.4. The third-order valence-corrected chi connectivity index (χ3v) is 28.0. The van der Waals surface area contributed by atoms with Gasteiger partial charge in [0, 0.05) is 76.7 Å². The van der Waals surface area contributed by atoms with Gasteiger partial charge < -0.3 is 9.13 Å². The van der Waals surface area contributed by atoms with Crippen LogP contribution in [0.4, 0.5) is 0 Å². The molecule has 0 radical (unpaired) electrons. The van der Waals surface area contributed by atoms with Gasteiger partial charge in [0.1, 0.15) is 0 Å². The second-order valence-corrected chi connectivity index (χ2v) is 35.5. The number of aromatic nitrogens is 10. The summed E-state index contributed by atoms with van der Waals surface area (Å²) in [5.74, 6) is 3.21. The Morgan fingerprint density at radius 2 is 0.434 bits per heavy atom. The predicted octanol–water partition coefficient (Wildman–Crippen LogP) is 32.4. The van der Waals surface area contributed by atoms with E-state index in [1.54, 1.807) is 0 Å². The number of benzene rings is 22. The van der Waals surface area contributed by atoms with Gasteiger partial charge in [-0.3, -0.25) is 9.13 Å². The van der Waals surface area contributed by atoms with Crippen molar-refractivity contribution in [1.82, 2.24) is 48.2 Å². The largest absolute Gasteiger partial charge is 0.307 e. The maximum absolute atomic E-state index is 5.73. The molecule has 10 nitrogen and oxygen atoms in total. The van der Waals surface area contributed by atoms with Gasteiger partial charge >= 0.3 is 0 Å². The van der Waals surface area contributed by atoms with Crippen LogP contribution in [0.3, 0.4) is 0 Å². The van der Waals surface area contributed by atoms with Crippen molar-refractivity contribution in [2.75, 3.05) is 0 Å². The van der Waals surface area contributed by atoms with Crippen molar-refractivity contribution in [3.8, 4) is 124 Å². The van der Waals surface area contributed by atoms with Gasteiger partial charge in [-0.05, 0) is 199 Å². The van der Waals surface area contributed by atoms with Gasteiger partial charge in [-0.2, -0.15) is 19.9 Å². The number of hydrogen-bond acceptors (Lipinski definition) is 6. The van der Waals surface area contributed by atoms with Crippen LogP contribution in [0.25, 0.3) is 276 Å². The number of rotatable bonds is 13. The molecule has 0 fully saturated rings. The predicted molar refractivity (Wildman–Crippen MR) is 565 cm³/mol. The molecular formula is C126H76N10. The van der Waals surface area contributed by atoms with Crippen LogP contribution in [-0.2, 0) is 0 Å². The molecule has 10 heteroatoms. The molecular weight excluding hydrogens is 1650 g/mol. The van der Waals surface area contributed by atoms with Crippen molar-refractivity contribution in [3.05, 3.63) is 461 Å². The molecule has 0 aliphatic rings. The highest BCUT2D eigenvalue weighted by molar-refractivity contribution is 6.31. The molecule has 0 aliphatic carbocycles. The van der Waals surface area contributed by atoms with Crippen LogP contribution >= 0.6 is 0 Å². The highest BCUT2D eigenvalue weighted by atomic mass is 15.2. The first-order chi connectivity index (χ1) is 67.5. The summed E-state index contributed by atoms with van der Waals surface area (Å²) in [6.07, 6.45) is 0. The third-order valence-electron chi connectivity index (χ3n) is 28.0. The van der Waals surface area contributed by atoms with Crippen LogP contribution < -0.4 is 0 Å². The lowest BCUT2D eigenvalue weighted by molar-refractivity contribution is 0.953. The monoisotopic (exact) mass is 1730 g/mol. The van der Waals surface area contributed by atoms with Crippen molar-refractivity contribution >= 4 is 152 Å². The summed E-state index contributed by atoms with van der Waals surface area (Å²) in [6.45, 7) is 0. The minimum absolute atomic E-state index is 0.491. The summed E-state index contributed by atoms with van der Waals surface area (Å²) in [7, 11) is 0. The minimum Gasteiger partial charge on any atom is -0.307 e. The van der Waals surface area contributed by atoms with Crippen LogP contribution in [-0.4, -0.2) is 48.2 Å². The zero-order chi connectivity index (χ0) is 89.2. The summed E-state index contributed by atoms with van der Waals surface area (Å²) in [6, 6.07) is 167. The highest BCUT2D eigenvalue weighted by Crippen LogP contribution is 2.51. The fourth-order valence-corrected chi connectivity index (χ4v) is 21.9. The Balaban J connectivity index is 0.628. The van der Waals surface area contributed by atoms with E-state index >= 15 is 0 Å². The quantitative estimate of drug-likeness (QED) is 0.107. The molecule has 6 heterocycles. The van der Waals surface area contributed by atoms with E-state index in [2.05, 4.69) is 437 Å². The average molecular weight is 1730 g/mol. The second-order valence-electron chi connectivity index (χ2n) is 35.5. The Morgan fingerprint density at radius 1 is 0.132 bits per heavy atom. The Kier molecular flexibility index (Phi) is 17.2. The fraction of sp³-hybridized carbons (Fsp3) is 0. The average Bonchev–Trinajstić information content (AvgIpc) is 1.52. The smallest absolute Gasteiger partial charge is 0.238 e. The number of para-hydroxylation sites is 4. The van der Waals surface area contributed by atoms with E-state index in [0.717, 1.165) is 176 Å². The van der Waals surface area contributed by atoms with E-state index in [1.807, 2.05) is 42.5 Å². The van der Waals surface area contributed by atoms with E-state index in [0.29, 0.717) is 35.2 Å². The summed E-state index contributed by atoms with van der Waals surface area (Å²) < 4.78 is 9.54. The standard InChI is InChI=1S/C126H76N10/c1-5-31-78(32-6-1)107-75-89(65-68-90(107)86-62-67-100-96-48-16-14-44-92(96)94-46-18-20-50-98(94)110(100)74-86)134-113-56-26-23-53-103(113)111-76-108(116-106-54-24-28-58-115(106)136(120(116)119(111)134)126-130-121(79-33-7-2-8-34-79)127-122(131-126)80-35-9-3-10-36-80)85-41-29-39-82(71-85)83-40-30-42-87(72-83)124-128-123(81-37-11-4-12-38-81)129-125(132-124)135-114-57-27-22-52-102(114)105-70-69-104-101-51-21-25-55-112(101)133(117(104)118(105)135)88-63-59-77(60-64-88)84-61-66-99-95-47-15-13-43-91(95)93-45-17-19-49-97(93)109(99)73-84/h1-76H. The van der Waals surface area contributed by atoms with Gasteiger partial charge in [0.2, 0.25) is 11.9 Å². The fourth-order valence-electron chi connectivity index (χ4n) is 21.9. The molecule has 136 heavy (non-hydrogen) atoms. The van der Waals surface area contributed by atoms with Crippen molar-refractivity contribution < 1.29 is 0 Å². The van der Waals surface area contributed by atoms with Crippen molar-refractivity contribution in [1.29, 1.82) is 0 Å². The Hall–Kier alpha value is -18.4. The molecule has 28 rings (SSSR count). The van der Waals surface area contributed by atoms with Crippen molar-refractivity contribution in [2.45, 2.75) is 0 Å². The highest BCUT2D eigenvalue weighted by Gasteiger charge is 2.30. The molecule has 0 unspecified atom stereocenters. The van der Waals surface area contributed by atoms with Gasteiger partial charge in [0.05, 0.1) is 44.1 Å². The third kappa shape index (κ3) is 12.0. The number of nitrogens with zero attached hydrogens (tertiary/aromatic N) is 10. The summed E-state index contributed by atoms with van der Waals surface area (Å²) >= 11 is 0. The lowest BCUT2D eigenvalue weighted by Crippen LogP contribution is -2.07. The van der Waals surface area contributed by atoms with Crippen LogP contribution in [0.2, 0.25) is 0 Å². The number of fused-ring (bicyclic) bond motifs is 26. The molecule has 6 aromatic heterocycles. The van der Waals surface area contributed by atoms with E-state index in [4.69, 9.17) is 29.9 Å². The minimum atomic E-state index is 0.491. The number of hydrogen-bond donors (Lipinski definition) is 0. The zero-order valence-electron chi connectivity index (χ0n) is 73.4. The van der Waals surface area contributed by atoms with Crippen LogP contribution in [0.1, 0.15) is 0 Å². The van der Waals surface area contributed by atoms with E-state index in [-0.39, 0.29) is 0 Å². The molecule has 0 saturated heterocycles. The topological polar surface area (TPSA) is 97.1 Å². The van der Waals surface area contributed by atoms with Crippen LogP contribution in [0.5, 0.6) is 0 Å². The molecule has 0 saturated carbocycles. The first-order valence-corrected chi connectivity index (χ1v) is 46.3. The second kappa shape index (κ2) is 30.6. The van der Waals surface area contributed by atoms with Gasteiger partial charge in [-0.1, -0.05) is 382 Å². The van der Waals surface area contributed by atoms with E-state index in [1.165, 1.54) is 64.6 Å². The molecule has 0 atom stereocenters. The van der Waals surface area contributed by atoms with E-state index in [9.17, 15) is 0 Å². The molecule has 22 aromatic carbocycles. The van der Waals surface area contributed by atoms with Crippen LogP contribution in [0.15, 0.2) is 461 Å². The van der Waals surface area contributed by atoms with Crippen LogP contribution in [0, 0.1) is 0 Å². The first-order valence-electron chi connectivity index (χ1n) is 46.3. The SMILES string of the molecule is c1ccc(-c2nc(-c3cccc(-c4cccc(-c5cc6c7ccccc7n(-c7ccc(-c8ccc9c%10ccccc%10c%10ccccc%10c9c8)c(-c8ccccc8)c7)c6c6c5c5ccccc5n6-c5nc(-c6ccccc6)nc(-c6ccccc6)n5)c4)c3)nc(-n3c4ccccc4c4ccc5c6ccccc6n(-c6ccc(-c7ccc8c9ccccc9c9ccccc9c8c7)cc6)c5c43)n2)cc1. The van der Waals surface area contributed by atoms with Gasteiger partial charge in [0.25, 0.3) is 0 Å². The maximum Gasteiger partial charge on any atom is 0.238 e. The lowest BCUT2D eigenvalue weighted by atomic mass is 9.89. The van der Waals surface area contributed by atoms with Gasteiger partial charge in [-0.15, -0.1) is 0 Å². The van der Waals surface area contributed by atoms with Gasteiger partial charge in [0.15, 0.2) is 23.3 Å². The normalized spacial score (nSPS) is 12.0. The summed E-state index contributed by atoms with van der Waals surface area (Å²) in [5, 5.41) is 23.6. The van der Waals surface area contributed by atoms with Crippen molar-refractivity contribution in [3.63, 3.8) is 0 Å². The molecule has 0 amide bonds. The molecule has 0 aliphatic heterocycles. The lowest BCUT2D eigenvalue weighted by Gasteiger charge is -2.18. The van der Waals surface area contributed by atoms with Crippen molar-refractivity contribution in [2.24, 2.45) is 0 Å². The van der Waals surface area contributed by atoms with Gasteiger partial charge in [-0.25, -0.2) is 9.97 Å². The molecule has 0 bridgehead atoms. The Bertz CT molecular complexity index is 9730. The Labute approximate surface area is 780 Å². The molecule has 28 aromatic rings. The molecule has 0 N–H and O–H groups in total. The molecule has 0 spiro atoms. The molecule has 630 valence electrons. The first kappa shape index (κ1) is 76.5. The summed E-state index contributed by atoms with van der Waals surface area (Å²) in [5.41, 5.74) is 24.4. The van der Waals surface area contributed by atoms with E-state index < -0.39 is 0 Å². The maximum atomic E-state index is 5.73. The Morgan fingerprint density at radius 3 is 0.926 bits per heavy atom.